The number of benzene rings is 2. The molecule has 0 aliphatic rings. The van der Waals surface area contributed by atoms with Crippen LogP contribution in [0.5, 0.6) is 0 Å². The van der Waals surface area contributed by atoms with Crippen molar-refractivity contribution >= 4 is 51.3 Å². The first kappa shape index (κ1) is 20.0. The fourth-order valence-electron chi connectivity index (χ4n) is 2.59. The minimum atomic E-state index is -0.664. The Morgan fingerprint density at radius 1 is 1.03 bits per heavy atom. The van der Waals surface area contributed by atoms with Gasteiger partial charge in [-0.1, -0.05) is 18.2 Å². The van der Waals surface area contributed by atoms with Gasteiger partial charge in [-0.2, -0.15) is 0 Å². The molecule has 0 spiro atoms. The zero-order valence-electron chi connectivity index (χ0n) is 15.8. The highest BCUT2D eigenvalue weighted by molar-refractivity contribution is 7.14. The fraction of sp³-hybridized carbons (Fsp3) is 0.100. The molecule has 2 aromatic carbocycles. The van der Waals surface area contributed by atoms with E-state index < -0.39 is 11.8 Å². The number of aryl methyl sites for hydroxylation is 1. The summed E-state index contributed by atoms with van der Waals surface area (Å²) >= 11 is 1.10. The normalized spacial score (nSPS) is 10.3. The molecular formula is C20H19N5O3S. The van der Waals surface area contributed by atoms with Crippen LogP contribution in [0.3, 0.4) is 0 Å². The molecule has 148 valence electrons. The topological polar surface area (TPSA) is 126 Å². The summed E-state index contributed by atoms with van der Waals surface area (Å²) in [5, 5.41) is 10.4. The number of para-hydroxylation sites is 1. The lowest BCUT2D eigenvalue weighted by Gasteiger charge is -2.15. The zero-order chi connectivity index (χ0) is 21.0. The van der Waals surface area contributed by atoms with Crippen molar-refractivity contribution in [3.8, 4) is 0 Å². The SMILES string of the molecule is CC(=O)Nc1ccc(C(=O)Nc2nc(C(N)=O)cs2)c(Nc2ccccc2C)c1. The van der Waals surface area contributed by atoms with Gasteiger partial charge in [-0.15, -0.1) is 11.3 Å². The number of anilines is 4. The van der Waals surface area contributed by atoms with E-state index in [0.717, 1.165) is 22.6 Å². The molecule has 3 rings (SSSR count). The average molecular weight is 409 g/mol. The number of aromatic nitrogens is 1. The van der Waals surface area contributed by atoms with Gasteiger partial charge in [0.2, 0.25) is 5.91 Å². The smallest absolute Gasteiger partial charge is 0.268 e. The number of carbonyl (C=O) groups is 3. The van der Waals surface area contributed by atoms with Crippen LogP contribution in [0.15, 0.2) is 47.8 Å². The summed E-state index contributed by atoms with van der Waals surface area (Å²) in [4.78, 5) is 39.4. The number of hydrogen-bond donors (Lipinski definition) is 4. The Labute approximate surface area is 171 Å². The molecule has 1 heterocycles. The van der Waals surface area contributed by atoms with Gasteiger partial charge in [0.25, 0.3) is 11.8 Å². The zero-order valence-corrected chi connectivity index (χ0v) is 16.6. The number of amides is 3. The number of nitrogens with one attached hydrogen (secondary N) is 3. The third-order valence-corrected chi connectivity index (χ3v) is 4.73. The highest BCUT2D eigenvalue weighted by atomic mass is 32.1. The predicted octanol–water partition coefficient (Wildman–Crippen LogP) is 3.50. The molecule has 0 saturated heterocycles. The van der Waals surface area contributed by atoms with Crippen molar-refractivity contribution in [3.63, 3.8) is 0 Å². The number of nitrogens with zero attached hydrogens (tertiary/aromatic N) is 1. The van der Waals surface area contributed by atoms with E-state index in [1.165, 1.54) is 12.3 Å². The van der Waals surface area contributed by atoms with Crippen molar-refractivity contribution in [2.75, 3.05) is 16.0 Å². The van der Waals surface area contributed by atoms with E-state index in [-0.39, 0.29) is 16.7 Å². The summed E-state index contributed by atoms with van der Waals surface area (Å²) in [6.07, 6.45) is 0. The van der Waals surface area contributed by atoms with Gasteiger partial charge >= 0.3 is 0 Å². The molecule has 8 nitrogen and oxygen atoms in total. The van der Waals surface area contributed by atoms with Crippen LogP contribution in [0.1, 0.15) is 33.3 Å². The third-order valence-electron chi connectivity index (χ3n) is 3.98. The molecule has 5 N–H and O–H groups in total. The minimum absolute atomic E-state index is 0.0876. The van der Waals surface area contributed by atoms with Crippen molar-refractivity contribution in [1.82, 2.24) is 4.98 Å². The van der Waals surface area contributed by atoms with Crippen LogP contribution in [0.25, 0.3) is 0 Å². The van der Waals surface area contributed by atoms with Crippen LogP contribution in [-0.4, -0.2) is 22.7 Å². The quantitative estimate of drug-likeness (QED) is 0.496. The van der Waals surface area contributed by atoms with Gasteiger partial charge < -0.3 is 16.4 Å². The molecule has 3 aromatic rings. The molecule has 1 aromatic heterocycles. The monoisotopic (exact) mass is 409 g/mol. The maximum Gasteiger partial charge on any atom is 0.268 e. The van der Waals surface area contributed by atoms with E-state index in [4.69, 9.17) is 5.73 Å². The summed E-state index contributed by atoms with van der Waals surface area (Å²) in [6, 6.07) is 12.6. The Hall–Kier alpha value is -3.72. The molecular weight excluding hydrogens is 390 g/mol. The lowest BCUT2D eigenvalue weighted by atomic mass is 10.1. The molecule has 3 amide bonds. The van der Waals surface area contributed by atoms with Gasteiger partial charge in [0.05, 0.1) is 11.3 Å². The summed E-state index contributed by atoms with van der Waals surface area (Å²) in [6.45, 7) is 3.36. The van der Waals surface area contributed by atoms with Gasteiger partial charge in [-0.3, -0.25) is 19.7 Å². The first-order valence-electron chi connectivity index (χ1n) is 8.64. The molecule has 0 unspecified atom stereocenters. The molecule has 29 heavy (non-hydrogen) atoms. The van der Waals surface area contributed by atoms with Crippen molar-refractivity contribution in [2.24, 2.45) is 5.73 Å². The van der Waals surface area contributed by atoms with Crippen LogP contribution < -0.4 is 21.7 Å². The van der Waals surface area contributed by atoms with E-state index in [2.05, 4.69) is 20.9 Å². The van der Waals surface area contributed by atoms with Crippen LogP contribution >= 0.6 is 11.3 Å². The minimum Gasteiger partial charge on any atom is -0.364 e. The Morgan fingerprint density at radius 2 is 1.79 bits per heavy atom. The van der Waals surface area contributed by atoms with Crippen molar-refractivity contribution < 1.29 is 14.4 Å². The molecule has 0 aliphatic carbocycles. The summed E-state index contributed by atoms with van der Waals surface area (Å²) in [7, 11) is 0. The number of primary amides is 1. The van der Waals surface area contributed by atoms with E-state index in [9.17, 15) is 14.4 Å². The summed E-state index contributed by atoms with van der Waals surface area (Å²) in [5.41, 5.74) is 8.51. The van der Waals surface area contributed by atoms with Gasteiger partial charge in [-0.05, 0) is 36.8 Å². The maximum atomic E-state index is 12.8. The Bertz CT molecular complexity index is 1090. The molecule has 0 fully saturated rings. The Kier molecular flexibility index (Phi) is 5.89. The summed E-state index contributed by atoms with van der Waals surface area (Å²) < 4.78 is 0. The first-order chi connectivity index (χ1) is 13.8. The van der Waals surface area contributed by atoms with E-state index in [0.29, 0.717) is 16.9 Å². The number of hydrogen-bond acceptors (Lipinski definition) is 6. The van der Waals surface area contributed by atoms with Crippen LogP contribution in [-0.2, 0) is 4.79 Å². The lowest BCUT2D eigenvalue weighted by Crippen LogP contribution is -2.16. The molecule has 0 radical (unpaired) electrons. The van der Waals surface area contributed by atoms with Gasteiger partial charge in [0.1, 0.15) is 5.69 Å². The molecule has 0 aliphatic heterocycles. The van der Waals surface area contributed by atoms with Crippen molar-refractivity contribution in [3.05, 3.63) is 64.7 Å². The number of carbonyl (C=O) groups excluding carboxylic acids is 3. The standard InChI is InChI=1S/C20H19N5O3S/c1-11-5-3-4-6-15(11)23-16-9-13(22-12(2)26)7-8-14(16)19(28)25-20-24-17(10-29-20)18(21)27/h3-10,23H,1-2H3,(H2,21,27)(H,22,26)(H,24,25,28). The third kappa shape index (κ3) is 4.96. The predicted molar refractivity (Wildman–Crippen MR) is 114 cm³/mol. The first-order valence-corrected chi connectivity index (χ1v) is 9.52. The molecule has 0 atom stereocenters. The van der Waals surface area contributed by atoms with Crippen molar-refractivity contribution in [2.45, 2.75) is 13.8 Å². The molecule has 0 bridgehead atoms. The van der Waals surface area contributed by atoms with Gasteiger partial charge in [0, 0.05) is 23.7 Å². The Morgan fingerprint density at radius 3 is 2.45 bits per heavy atom. The number of nitrogens with two attached hydrogens (primary N) is 1. The van der Waals surface area contributed by atoms with Gasteiger partial charge in [-0.25, -0.2) is 4.98 Å². The van der Waals surface area contributed by atoms with Gasteiger partial charge in [0.15, 0.2) is 5.13 Å². The highest BCUT2D eigenvalue weighted by Gasteiger charge is 2.16. The second-order valence-electron chi connectivity index (χ2n) is 6.24. The fourth-order valence-corrected chi connectivity index (χ4v) is 3.29. The van der Waals surface area contributed by atoms with E-state index in [1.54, 1.807) is 18.2 Å². The second kappa shape index (κ2) is 8.53. The van der Waals surface area contributed by atoms with E-state index >= 15 is 0 Å². The molecule has 0 saturated carbocycles. The van der Waals surface area contributed by atoms with Crippen molar-refractivity contribution in [1.29, 1.82) is 0 Å². The van der Waals surface area contributed by atoms with Crippen LogP contribution in [0.4, 0.5) is 22.2 Å². The largest absolute Gasteiger partial charge is 0.364 e. The second-order valence-corrected chi connectivity index (χ2v) is 7.10. The lowest BCUT2D eigenvalue weighted by molar-refractivity contribution is -0.114. The highest BCUT2D eigenvalue weighted by Crippen LogP contribution is 2.28. The number of rotatable bonds is 6. The summed E-state index contributed by atoms with van der Waals surface area (Å²) in [5.74, 6) is -1.30. The maximum absolute atomic E-state index is 12.8. The van der Waals surface area contributed by atoms with Crippen LogP contribution in [0.2, 0.25) is 0 Å². The molecule has 9 heteroatoms. The average Bonchev–Trinajstić information content (AvgIpc) is 3.12. The van der Waals surface area contributed by atoms with E-state index in [1.807, 2.05) is 31.2 Å². The number of thiazole rings is 1. The Balaban J connectivity index is 1.93. The van der Waals surface area contributed by atoms with Crippen LogP contribution in [0, 0.1) is 6.92 Å².